The molecule has 0 saturated carbocycles. The molecule has 0 aliphatic rings. The molecule has 0 bridgehead atoms. The summed E-state index contributed by atoms with van der Waals surface area (Å²) in [4.78, 5) is 29.9. The molecule has 2 rings (SSSR count). The molecule has 0 aliphatic heterocycles. The molecule has 0 aromatic carbocycles. The lowest BCUT2D eigenvalue weighted by molar-refractivity contribution is -0.121. The lowest BCUT2D eigenvalue weighted by Crippen LogP contribution is -2.27. The van der Waals surface area contributed by atoms with Gasteiger partial charge in [-0.05, 0) is 32.8 Å². The number of carbonyl (C=O) groups excluding carboxylic acids is 1. The minimum absolute atomic E-state index is 0.0404. The minimum Gasteiger partial charge on any atom is -0.349 e. The van der Waals surface area contributed by atoms with E-state index in [-0.39, 0.29) is 17.6 Å². The molecule has 2 aromatic rings. The first-order valence-corrected chi connectivity index (χ1v) is 7.21. The van der Waals surface area contributed by atoms with Gasteiger partial charge in [0.2, 0.25) is 5.91 Å². The molecule has 0 radical (unpaired) electrons. The molecule has 1 amide bonds. The highest BCUT2D eigenvalue weighted by atomic mass is 16.1. The molecule has 22 heavy (non-hydrogen) atoms. The molecule has 1 atom stereocenters. The van der Waals surface area contributed by atoms with E-state index >= 15 is 0 Å². The number of aryl methyl sites for hydroxylation is 3. The second-order valence-corrected chi connectivity index (χ2v) is 5.47. The van der Waals surface area contributed by atoms with E-state index in [1.165, 1.54) is 0 Å². The lowest BCUT2D eigenvalue weighted by Gasteiger charge is -2.13. The van der Waals surface area contributed by atoms with Gasteiger partial charge in [0, 0.05) is 36.6 Å². The standard InChI is InChI=1S/C15H21N5O2/c1-9(12-7-16-20(4)8-12)17-14(21)6-5-13-10(2)18-15(22)19-11(13)3/h7-9H,5-6H2,1-4H3,(H,17,21)(H,18,19,22)/t9-/m0/s1. The largest absolute Gasteiger partial charge is 0.349 e. The summed E-state index contributed by atoms with van der Waals surface area (Å²) in [5.74, 6) is -0.0404. The average Bonchev–Trinajstić information content (AvgIpc) is 2.84. The molecule has 0 spiro atoms. The zero-order chi connectivity index (χ0) is 16.3. The molecule has 7 heteroatoms. The molecule has 2 aromatic heterocycles. The molecule has 0 unspecified atom stereocenters. The van der Waals surface area contributed by atoms with Gasteiger partial charge >= 0.3 is 5.69 Å². The van der Waals surface area contributed by atoms with E-state index in [0.717, 1.165) is 16.8 Å². The zero-order valence-corrected chi connectivity index (χ0v) is 13.3. The van der Waals surface area contributed by atoms with Gasteiger partial charge < -0.3 is 10.3 Å². The minimum atomic E-state index is -0.353. The van der Waals surface area contributed by atoms with Crippen molar-refractivity contribution in [1.29, 1.82) is 0 Å². The Hall–Kier alpha value is -2.44. The van der Waals surface area contributed by atoms with Gasteiger partial charge in [-0.25, -0.2) is 4.79 Å². The number of amides is 1. The normalized spacial score (nSPS) is 12.2. The summed E-state index contributed by atoms with van der Waals surface area (Å²) in [6, 6.07) is -0.0860. The Bertz CT molecular complexity index is 706. The number of nitrogens with zero attached hydrogens (tertiary/aromatic N) is 3. The average molecular weight is 303 g/mol. The first-order chi connectivity index (χ1) is 10.4. The fourth-order valence-electron chi connectivity index (χ4n) is 2.42. The highest BCUT2D eigenvalue weighted by Crippen LogP contribution is 2.12. The quantitative estimate of drug-likeness (QED) is 0.859. The third-order valence-electron chi connectivity index (χ3n) is 3.66. The van der Waals surface area contributed by atoms with Crippen LogP contribution >= 0.6 is 0 Å². The van der Waals surface area contributed by atoms with Crippen LogP contribution in [0.15, 0.2) is 17.2 Å². The maximum absolute atomic E-state index is 12.1. The van der Waals surface area contributed by atoms with Crippen molar-refractivity contribution in [2.75, 3.05) is 0 Å². The van der Waals surface area contributed by atoms with E-state index in [1.807, 2.05) is 27.1 Å². The van der Waals surface area contributed by atoms with Gasteiger partial charge in [-0.3, -0.25) is 9.48 Å². The van der Waals surface area contributed by atoms with Crippen molar-refractivity contribution in [3.8, 4) is 0 Å². The summed E-state index contributed by atoms with van der Waals surface area (Å²) in [7, 11) is 1.84. The Balaban J connectivity index is 1.95. The molecular formula is C15H21N5O2. The number of aromatic amines is 1. The second kappa shape index (κ2) is 6.55. The predicted molar refractivity (Wildman–Crippen MR) is 82.4 cm³/mol. The first kappa shape index (κ1) is 15.9. The van der Waals surface area contributed by atoms with Gasteiger partial charge in [-0.2, -0.15) is 10.1 Å². The highest BCUT2D eigenvalue weighted by molar-refractivity contribution is 5.76. The summed E-state index contributed by atoms with van der Waals surface area (Å²) in [6.07, 6.45) is 4.52. The van der Waals surface area contributed by atoms with Crippen LogP contribution in [0.2, 0.25) is 0 Å². The van der Waals surface area contributed by atoms with Crippen LogP contribution in [0.1, 0.15) is 41.9 Å². The van der Waals surface area contributed by atoms with Crippen LogP contribution in [0.3, 0.4) is 0 Å². The van der Waals surface area contributed by atoms with Crippen molar-refractivity contribution in [2.24, 2.45) is 7.05 Å². The Kier molecular flexibility index (Phi) is 4.75. The first-order valence-electron chi connectivity index (χ1n) is 7.21. The molecular weight excluding hydrogens is 282 g/mol. The number of hydrogen-bond acceptors (Lipinski definition) is 4. The smallest absolute Gasteiger partial charge is 0.345 e. The number of H-pyrrole nitrogens is 1. The SMILES string of the molecule is Cc1nc(=O)[nH]c(C)c1CCC(=O)N[C@@H](C)c1cnn(C)c1. The van der Waals surface area contributed by atoms with E-state index < -0.39 is 0 Å². The van der Waals surface area contributed by atoms with Crippen molar-refractivity contribution in [1.82, 2.24) is 25.1 Å². The third kappa shape index (κ3) is 3.81. The van der Waals surface area contributed by atoms with E-state index in [1.54, 1.807) is 17.8 Å². The molecule has 2 N–H and O–H groups in total. The van der Waals surface area contributed by atoms with Crippen molar-refractivity contribution >= 4 is 5.91 Å². The molecule has 2 heterocycles. The van der Waals surface area contributed by atoms with Gasteiger partial charge in [-0.15, -0.1) is 0 Å². The van der Waals surface area contributed by atoms with E-state index in [4.69, 9.17) is 0 Å². The summed E-state index contributed by atoms with van der Waals surface area (Å²) >= 11 is 0. The van der Waals surface area contributed by atoms with Gasteiger partial charge in [0.15, 0.2) is 0 Å². The van der Waals surface area contributed by atoms with Crippen LogP contribution in [-0.2, 0) is 18.3 Å². The Morgan fingerprint density at radius 3 is 2.77 bits per heavy atom. The number of nitrogens with one attached hydrogen (secondary N) is 2. The summed E-state index contributed by atoms with van der Waals surface area (Å²) in [5, 5.41) is 7.04. The van der Waals surface area contributed by atoms with E-state index in [0.29, 0.717) is 18.5 Å². The van der Waals surface area contributed by atoms with Crippen LogP contribution in [0.25, 0.3) is 0 Å². The molecule has 0 saturated heterocycles. The van der Waals surface area contributed by atoms with Crippen LogP contribution in [0.5, 0.6) is 0 Å². The molecule has 118 valence electrons. The Morgan fingerprint density at radius 2 is 2.18 bits per heavy atom. The van der Waals surface area contributed by atoms with Gasteiger partial charge in [0.25, 0.3) is 0 Å². The van der Waals surface area contributed by atoms with E-state index in [9.17, 15) is 9.59 Å². The maximum atomic E-state index is 12.1. The van der Waals surface area contributed by atoms with Crippen molar-refractivity contribution in [3.63, 3.8) is 0 Å². The van der Waals surface area contributed by atoms with Crippen LogP contribution in [0.4, 0.5) is 0 Å². The fourth-order valence-corrected chi connectivity index (χ4v) is 2.42. The summed E-state index contributed by atoms with van der Waals surface area (Å²) in [6.45, 7) is 5.53. The van der Waals surface area contributed by atoms with Gasteiger partial charge in [0.1, 0.15) is 0 Å². The fraction of sp³-hybridized carbons (Fsp3) is 0.467. The van der Waals surface area contributed by atoms with Crippen LogP contribution in [0, 0.1) is 13.8 Å². The molecule has 0 aliphatic carbocycles. The van der Waals surface area contributed by atoms with E-state index in [2.05, 4.69) is 20.4 Å². The third-order valence-corrected chi connectivity index (χ3v) is 3.66. The van der Waals surface area contributed by atoms with Crippen LogP contribution < -0.4 is 11.0 Å². The van der Waals surface area contributed by atoms with Gasteiger partial charge in [0.05, 0.1) is 12.2 Å². The van der Waals surface area contributed by atoms with Crippen molar-refractivity contribution in [3.05, 3.63) is 45.4 Å². The topological polar surface area (TPSA) is 92.7 Å². The van der Waals surface area contributed by atoms with Crippen molar-refractivity contribution in [2.45, 2.75) is 39.7 Å². The second-order valence-electron chi connectivity index (χ2n) is 5.47. The zero-order valence-electron chi connectivity index (χ0n) is 13.3. The number of rotatable bonds is 5. The number of carbonyl (C=O) groups is 1. The lowest BCUT2D eigenvalue weighted by atomic mass is 10.1. The Morgan fingerprint density at radius 1 is 1.45 bits per heavy atom. The Labute approximate surface area is 128 Å². The monoisotopic (exact) mass is 303 g/mol. The number of aromatic nitrogens is 4. The highest BCUT2D eigenvalue weighted by Gasteiger charge is 2.13. The van der Waals surface area contributed by atoms with Crippen molar-refractivity contribution < 1.29 is 4.79 Å². The van der Waals surface area contributed by atoms with Gasteiger partial charge in [-0.1, -0.05) is 0 Å². The number of hydrogen-bond donors (Lipinski definition) is 2. The predicted octanol–water partition coefficient (Wildman–Crippen LogP) is 0.930. The maximum Gasteiger partial charge on any atom is 0.345 e. The molecule has 7 nitrogen and oxygen atoms in total. The summed E-state index contributed by atoms with van der Waals surface area (Å²) < 4.78 is 1.71. The van der Waals surface area contributed by atoms with Crippen LogP contribution in [-0.4, -0.2) is 25.7 Å². The molecule has 0 fully saturated rings. The summed E-state index contributed by atoms with van der Waals surface area (Å²) in [5.41, 5.74) is 2.98.